The number of aromatic amines is 1. The van der Waals surface area contributed by atoms with E-state index in [-0.39, 0.29) is 12.3 Å². The van der Waals surface area contributed by atoms with Gasteiger partial charge in [-0.2, -0.15) is 0 Å². The number of H-pyrrole nitrogens is 1. The molecule has 1 unspecified atom stereocenters. The molecule has 0 spiro atoms. The molecular weight excluding hydrogens is 248 g/mol. The molecular formula is C12H18N4O3. The third-order valence-electron chi connectivity index (χ3n) is 3.25. The first-order valence-electron chi connectivity index (χ1n) is 6.35. The van der Waals surface area contributed by atoms with Crippen LogP contribution in [0.1, 0.15) is 18.5 Å². The van der Waals surface area contributed by atoms with Gasteiger partial charge in [0.05, 0.1) is 6.33 Å². The van der Waals surface area contributed by atoms with E-state index in [4.69, 9.17) is 5.11 Å². The molecule has 1 aromatic heterocycles. The number of amides is 1. The number of carbonyl (C=O) groups excluding carboxylic acids is 1. The standard InChI is InChI=1S/C12H18N4O3/c17-11(3-8-1-2-13-5-8)16-10(12(18)19)4-9-6-14-7-15-9/h6-8,10,13H,1-5H2,(H,14,15)(H,16,17)(H,18,19)/t8?,10-/m1/s1. The van der Waals surface area contributed by atoms with Crippen LogP contribution >= 0.6 is 0 Å². The van der Waals surface area contributed by atoms with Crippen LogP contribution in [0.25, 0.3) is 0 Å². The molecule has 1 saturated heterocycles. The van der Waals surface area contributed by atoms with Gasteiger partial charge >= 0.3 is 5.97 Å². The number of aliphatic carboxylic acids is 1. The van der Waals surface area contributed by atoms with Crippen molar-refractivity contribution in [1.29, 1.82) is 0 Å². The number of carboxylic acid groups (broad SMARTS) is 1. The summed E-state index contributed by atoms with van der Waals surface area (Å²) < 4.78 is 0. The molecule has 0 saturated carbocycles. The maximum atomic E-state index is 11.8. The number of hydrogen-bond donors (Lipinski definition) is 4. The SMILES string of the molecule is O=C(CC1CCNC1)N[C@H](Cc1cnc[nH]1)C(=O)O. The van der Waals surface area contributed by atoms with Gasteiger partial charge in [-0.15, -0.1) is 0 Å². The molecule has 7 nitrogen and oxygen atoms in total. The van der Waals surface area contributed by atoms with E-state index in [9.17, 15) is 9.59 Å². The van der Waals surface area contributed by atoms with Crippen LogP contribution in [-0.2, 0) is 16.0 Å². The van der Waals surface area contributed by atoms with Crippen LogP contribution in [0.5, 0.6) is 0 Å². The summed E-state index contributed by atoms with van der Waals surface area (Å²) >= 11 is 0. The minimum atomic E-state index is -1.03. The van der Waals surface area contributed by atoms with E-state index in [0.29, 0.717) is 18.0 Å². The van der Waals surface area contributed by atoms with Crippen molar-refractivity contribution in [3.63, 3.8) is 0 Å². The number of rotatable bonds is 6. The summed E-state index contributed by atoms with van der Waals surface area (Å²) in [6.07, 6.45) is 4.60. The Morgan fingerprint density at radius 2 is 2.42 bits per heavy atom. The number of nitrogens with one attached hydrogen (secondary N) is 3. The van der Waals surface area contributed by atoms with Crippen LogP contribution in [0, 0.1) is 5.92 Å². The first-order chi connectivity index (χ1) is 9.15. The fourth-order valence-electron chi connectivity index (χ4n) is 2.22. The highest BCUT2D eigenvalue weighted by Crippen LogP contribution is 2.12. The fourth-order valence-corrected chi connectivity index (χ4v) is 2.22. The molecule has 7 heteroatoms. The predicted octanol–water partition coefficient (Wildman–Crippen LogP) is -0.479. The second-order valence-corrected chi connectivity index (χ2v) is 4.80. The molecule has 0 aliphatic carbocycles. The molecule has 1 aromatic rings. The van der Waals surface area contributed by atoms with Crippen molar-refractivity contribution in [3.8, 4) is 0 Å². The zero-order chi connectivity index (χ0) is 13.7. The molecule has 104 valence electrons. The summed E-state index contributed by atoms with van der Waals surface area (Å²) in [6, 6.07) is -0.915. The number of imidazole rings is 1. The van der Waals surface area contributed by atoms with Gasteiger partial charge < -0.3 is 20.7 Å². The zero-order valence-corrected chi connectivity index (χ0v) is 10.6. The highest BCUT2D eigenvalue weighted by atomic mass is 16.4. The van der Waals surface area contributed by atoms with E-state index in [2.05, 4.69) is 20.6 Å². The van der Waals surface area contributed by atoms with E-state index >= 15 is 0 Å². The summed E-state index contributed by atoms with van der Waals surface area (Å²) in [5.41, 5.74) is 0.690. The van der Waals surface area contributed by atoms with Gasteiger partial charge in [-0.1, -0.05) is 0 Å². The van der Waals surface area contributed by atoms with Crippen molar-refractivity contribution in [1.82, 2.24) is 20.6 Å². The van der Waals surface area contributed by atoms with Crippen LogP contribution in [0.2, 0.25) is 0 Å². The Balaban J connectivity index is 1.85. The number of carbonyl (C=O) groups is 2. The third kappa shape index (κ3) is 4.06. The van der Waals surface area contributed by atoms with E-state index in [1.54, 1.807) is 6.20 Å². The maximum Gasteiger partial charge on any atom is 0.326 e. The van der Waals surface area contributed by atoms with E-state index < -0.39 is 12.0 Å². The summed E-state index contributed by atoms with van der Waals surface area (Å²) in [5.74, 6) is -0.935. The van der Waals surface area contributed by atoms with Gasteiger partial charge in [0.15, 0.2) is 0 Å². The molecule has 4 N–H and O–H groups in total. The first-order valence-corrected chi connectivity index (χ1v) is 6.35. The normalized spacial score (nSPS) is 20.1. The summed E-state index contributed by atoms with van der Waals surface area (Å²) in [5, 5.41) is 14.9. The number of nitrogens with zero attached hydrogens (tertiary/aromatic N) is 1. The zero-order valence-electron chi connectivity index (χ0n) is 10.6. The highest BCUT2D eigenvalue weighted by Gasteiger charge is 2.24. The van der Waals surface area contributed by atoms with Gasteiger partial charge in [-0.05, 0) is 25.4 Å². The van der Waals surface area contributed by atoms with Gasteiger partial charge in [0.2, 0.25) is 5.91 Å². The van der Waals surface area contributed by atoms with Crippen molar-refractivity contribution >= 4 is 11.9 Å². The van der Waals surface area contributed by atoms with E-state index in [1.165, 1.54) is 6.33 Å². The number of aromatic nitrogens is 2. The minimum absolute atomic E-state index is 0.208. The van der Waals surface area contributed by atoms with Crippen molar-refractivity contribution < 1.29 is 14.7 Å². The van der Waals surface area contributed by atoms with Gasteiger partial charge in [-0.3, -0.25) is 4.79 Å². The van der Waals surface area contributed by atoms with E-state index in [1.807, 2.05) is 0 Å². The average molecular weight is 266 g/mol. The molecule has 1 amide bonds. The monoisotopic (exact) mass is 266 g/mol. The lowest BCUT2D eigenvalue weighted by Crippen LogP contribution is -2.43. The molecule has 1 aliphatic heterocycles. The molecule has 1 aliphatic rings. The van der Waals surface area contributed by atoms with Crippen LogP contribution in [-0.4, -0.2) is 46.1 Å². The summed E-state index contributed by atoms with van der Waals surface area (Å²) in [7, 11) is 0. The Kier molecular flexibility index (Phi) is 4.51. The Morgan fingerprint density at radius 3 is 3.00 bits per heavy atom. The Hall–Kier alpha value is -1.89. The summed E-state index contributed by atoms with van der Waals surface area (Å²) in [6.45, 7) is 1.75. The number of hydrogen-bond acceptors (Lipinski definition) is 4. The van der Waals surface area contributed by atoms with Crippen molar-refractivity contribution in [3.05, 3.63) is 18.2 Å². The van der Waals surface area contributed by atoms with Crippen LogP contribution in [0.4, 0.5) is 0 Å². The van der Waals surface area contributed by atoms with Gasteiger partial charge in [-0.25, -0.2) is 9.78 Å². The minimum Gasteiger partial charge on any atom is -0.480 e. The van der Waals surface area contributed by atoms with Gasteiger partial charge in [0.25, 0.3) is 0 Å². The van der Waals surface area contributed by atoms with Crippen LogP contribution in [0.15, 0.2) is 12.5 Å². The lowest BCUT2D eigenvalue weighted by Gasteiger charge is -2.15. The Bertz CT molecular complexity index is 426. The predicted molar refractivity (Wildman–Crippen MR) is 67.5 cm³/mol. The van der Waals surface area contributed by atoms with Gasteiger partial charge in [0.1, 0.15) is 6.04 Å². The number of carboxylic acids is 1. The molecule has 2 rings (SSSR count). The topological polar surface area (TPSA) is 107 Å². The first kappa shape index (κ1) is 13.5. The molecule has 2 atom stereocenters. The molecule has 0 radical (unpaired) electrons. The second-order valence-electron chi connectivity index (χ2n) is 4.80. The molecule has 0 bridgehead atoms. The smallest absolute Gasteiger partial charge is 0.326 e. The summed E-state index contributed by atoms with van der Waals surface area (Å²) in [4.78, 5) is 29.6. The molecule has 2 heterocycles. The second kappa shape index (κ2) is 6.33. The molecule has 19 heavy (non-hydrogen) atoms. The average Bonchev–Trinajstić information content (AvgIpc) is 3.00. The van der Waals surface area contributed by atoms with Crippen molar-refractivity contribution in [2.75, 3.05) is 13.1 Å². The largest absolute Gasteiger partial charge is 0.480 e. The van der Waals surface area contributed by atoms with E-state index in [0.717, 1.165) is 19.5 Å². The Morgan fingerprint density at radius 1 is 1.58 bits per heavy atom. The molecule has 0 aromatic carbocycles. The fraction of sp³-hybridized carbons (Fsp3) is 0.583. The Labute approximate surface area is 110 Å². The maximum absolute atomic E-state index is 11.8. The quantitative estimate of drug-likeness (QED) is 0.556. The third-order valence-corrected chi connectivity index (χ3v) is 3.25. The van der Waals surface area contributed by atoms with Gasteiger partial charge in [0, 0.05) is 24.7 Å². The van der Waals surface area contributed by atoms with Crippen molar-refractivity contribution in [2.45, 2.75) is 25.3 Å². The lowest BCUT2D eigenvalue weighted by atomic mass is 10.0. The lowest BCUT2D eigenvalue weighted by molar-refractivity contribution is -0.141. The highest BCUT2D eigenvalue weighted by molar-refractivity contribution is 5.83. The van der Waals surface area contributed by atoms with Crippen LogP contribution in [0.3, 0.4) is 0 Å². The molecule has 1 fully saturated rings. The van der Waals surface area contributed by atoms with Crippen LogP contribution < -0.4 is 10.6 Å². The van der Waals surface area contributed by atoms with Crippen molar-refractivity contribution in [2.24, 2.45) is 5.92 Å².